The van der Waals surface area contributed by atoms with Gasteiger partial charge in [-0.1, -0.05) is 20.3 Å². The molecule has 0 spiro atoms. The molecule has 1 heterocycles. The lowest BCUT2D eigenvalue weighted by Crippen LogP contribution is -2.56. The number of carbonyl (C=O) groups is 2. The van der Waals surface area contributed by atoms with E-state index in [0.717, 1.165) is 32.5 Å². The third kappa shape index (κ3) is 5.28. The number of nitrogens with zero attached hydrogens (tertiary/aromatic N) is 1. The van der Waals surface area contributed by atoms with Gasteiger partial charge in [0, 0.05) is 25.7 Å². The number of nitrogens with one attached hydrogen (secondary N) is 3. The van der Waals surface area contributed by atoms with Gasteiger partial charge in [0.25, 0.3) is 0 Å². The Bertz CT molecular complexity index is 349. The molecule has 0 saturated carbocycles. The molecule has 122 valence electrons. The van der Waals surface area contributed by atoms with Crippen molar-refractivity contribution in [3.8, 4) is 0 Å². The first-order valence-electron chi connectivity index (χ1n) is 8.09. The molecule has 0 aromatic heterocycles. The van der Waals surface area contributed by atoms with Crippen LogP contribution in [0, 0.1) is 5.92 Å². The Morgan fingerprint density at radius 2 is 1.95 bits per heavy atom. The van der Waals surface area contributed by atoms with Gasteiger partial charge in [0.05, 0.1) is 6.04 Å². The first-order chi connectivity index (χ1) is 10.0. The van der Waals surface area contributed by atoms with E-state index in [1.54, 1.807) is 0 Å². The van der Waals surface area contributed by atoms with Crippen LogP contribution in [0.5, 0.6) is 0 Å². The molecular formula is C15H30N4O2. The molecule has 3 amide bonds. The van der Waals surface area contributed by atoms with Crippen LogP contribution in [0.1, 0.15) is 40.5 Å². The molecular weight excluding hydrogens is 268 g/mol. The van der Waals surface area contributed by atoms with Crippen molar-refractivity contribution in [1.82, 2.24) is 20.9 Å². The molecule has 1 fully saturated rings. The number of hydrogen-bond donors (Lipinski definition) is 3. The molecule has 3 N–H and O–H groups in total. The first-order valence-corrected chi connectivity index (χ1v) is 8.09. The Balaban J connectivity index is 2.53. The van der Waals surface area contributed by atoms with E-state index in [9.17, 15) is 9.59 Å². The van der Waals surface area contributed by atoms with E-state index in [1.165, 1.54) is 0 Å². The smallest absolute Gasteiger partial charge is 0.321 e. The quantitative estimate of drug-likeness (QED) is 0.682. The lowest BCUT2D eigenvalue weighted by Gasteiger charge is -2.40. The van der Waals surface area contributed by atoms with Crippen LogP contribution in [0.4, 0.5) is 4.79 Å². The molecule has 6 nitrogen and oxygen atoms in total. The highest BCUT2D eigenvalue weighted by Crippen LogP contribution is 2.21. The van der Waals surface area contributed by atoms with Crippen LogP contribution >= 0.6 is 0 Å². The summed E-state index contributed by atoms with van der Waals surface area (Å²) in [6, 6.07) is -0.150. The Morgan fingerprint density at radius 1 is 1.24 bits per heavy atom. The molecule has 21 heavy (non-hydrogen) atoms. The van der Waals surface area contributed by atoms with Gasteiger partial charge in [-0.3, -0.25) is 15.0 Å². The standard InChI is InChI=1S/C15H30N4O2/c1-5-12-10-19(9-8-13(12)16-6-2)11(4)14(20)18-15(21)17-7-3/h11-13,16H,5-10H2,1-4H3,(H2,17,18,20,21). The molecule has 1 aliphatic rings. The minimum absolute atomic E-state index is 0.224. The minimum atomic E-state index is -0.413. The lowest BCUT2D eigenvalue weighted by molar-refractivity contribution is -0.125. The van der Waals surface area contributed by atoms with Crippen LogP contribution in [0.15, 0.2) is 0 Å². The molecule has 0 aromatic rings. The predicted octanol–water partition coefficient (Wildman–Crippen LogP) is 0.931. The number of imide groups is 1. The van der Waals surface area contributed by atoms with Crippen LogP contribution in [0.3, 0.4) is 0 Å². The van der Waals surface area contributed by atoms with Crippen molar-refractivity contribution in [2.75, 3.05) is 26.2 Å². The van der Waals surface area contributed by atoms with E-state index in [4.69, 9.17) is 0 Å². The van der Waals surface area contributed by atoms with Gasteiger partial charge in [-0.05, 0) is 32.7 Å². The van der Waals surface area contributed by atoms with Crippen LogP contribution in [-0.4, -0.2) is 55.1 Å². The third-order valence-electron chi connectivity index (χ3n) is 4.26. The summed E-state index contributed by atoms with van der Waals surface area (Å²) in [4.78, 5) is 25.7. The highest BCUT2D eigenvalue weighted by atomic mass is 16.2. The largest absolute Gasteiger partial charge is 0.338 e. The second kappa shape index (κ2) is 9.00. The predicted molar refractivity (Wildman–Crippen MR) is 84.1 cm³/mol. The number of amides is 3. The highest BCUT2D eigenvalue weighted by Gasteiger charge is 2.32. The monoisotopic (exact) mass is 298 g/mol. The number of urea groups is 1. The van der Waals surface area contributed by atoms with Crippen LogP contribution in [0.2, 0.25) is 0 Å². The van der Waals surface area contributed by atoms with Gasteiger partial charge in [-0.15, -0.1) is 0 Å². The maximum atomic E-state index is 12.1. The van der Waals surface area contributed by atoms with Crippen LogP contribution in [-0.2, 0) is 4.79 Å². The first kappa shape index (κ1) is 17.9. The van der Waals surface area contributed by atoms with Crippen LogP contribution in [0.25, 0.3) is 0 Å². The molecule has 1 saturated heterocycles. The van der Waals surface area contributed by atoms with Gasteiger partial charge >= 0.3 is 6.03 Å². The molecule has 0 bridgehead atoms. The lowest BCUT2D eigenvalue weighted by atomic mass is 9.89. The minimum Gasteiger partial charge on any atom is -0.338 e. The second-order valence-electron chi connectivity index (χ2n) is 5.64. The van der Waals surface area contributed by atoms with Gasteiger partial charge in [-0.25, -0.2) is 4.79 Å². The molecule has 1 rings (SSSR count). The maximum absolute atomic E-state index is 12.1. The highest BCUT2D eigenvalue weighted by molar-refractivity contribution is 5.96. The zero-order valence-corrected chi connectivity index (χ0v) is 13.7. The summed E-state index contributed by atoms with van der Waals surface area (Å²) >= 11 is 0. The van der Waals surface area contributed by atoms with Gasteiger partial charge in [-0.2, -0.15) is 0 Å². The third-order valence-corrected chi connectivity index (χ3v) is 4.26. The molecule has 6 heteroatoms. The SMILES string of the molecule is CCNC(=O)NC(=O)C(C)N1CCC(NCC)C(CC)C1. The van der Waals surface area contributed by atoms with Crippen molar-refractivity contribution in [2.45, 2.75) is 52.6 Å². The zero-order valence-electron chi connectivity index (χ0n) is 13.7. The summed E-state index contributed by atoms with van der Waals surface area (Å²) < 4.78 is 0. The Kier molecular flexibility index (Phi) is 7.67. The average molecular weight is 298 g/mol. The molecule has 1 aliphatic heterocycles. The fourth-order valence-electron chi connectivity index (χ4n) is 2.94. The summed E-state index contributed by atoms with van der Waals surface area (Å²) in [6.45, 7) is 11.3. The number of hydrogen-bond acceptors (Lipinski definition) is 4. The summed E-state index contributed by atoms with van der Waals surface area (Å²) in [5.74, 6) is 0.330. The number of piperidine rings is 1. The molecule has 3 atom stereocenters. The van der Waals surface area contributed by atoms with Crippen molar-refractivity contribution < 1.29 is 9.59 Å². The van der Waals surface area contributed by atoms with Gasteiger partial charge in [0.1, 0.15) is 0 Å². The Morgan fingerprint density at radius 3 is 2.52 bits per heavy atom. The van der Waals surface area contributed by atoms with E-state index in [-0.39, 0.29) is 11.9 Å². The van der Waals surface area contributed by atoms with Gasteiger partial charge in [0.15, 0.2) is 0 Å². The summed E-state index contributed by atoms with van der Waals surface area (Å²) in [5, 5.41) is 8.51. The fourth-order valence-corrected chi connectivity index (χ4v) is 2.94. The van der Waals surface area contributed by atoms with Crippen molar-refractivity contribution >= 4 is 11.9 Å². The van der Waals surface area contributed by atoms with Gasteiger partial charge < -0.3 is 10.6 Å². The van der Waals surface area contributed by atoms with Crippen molar-refractivity contribution in [3.05, 3.63) is 0 Å². The normalized spacial score (nSPS) is 24.4. The number of likely N-dealkylation sites (tertiary alicyclic amines) is 1. The topological polar surface area (TPSA) is 73.5 Å². The molecule has 0 aromatic carbocycles. The fraction of sp³-hybridized carbons (Fsp3) is 0.867. The van der Waals surface area contributed by atoms with Crippen molar-refractivity contribution in [3.63, 3.8) is 0 Å². The van der Waals surface area contributed by atoms with E-state index in [2.05, 4.69) is 34.7 Å². The molecule has 0 aliphatic carbocycles. The van der Waals surface area contributed by atoms with E-state index in [0.29, 0.717) is 18.5 Å². The zero-order chi connectivity index (χ0) is 15.8. The van der Waals surface area contributed by atoms with E-state index in [1.807, 2.05) is 13.8 Å². The summed E-state index contributed by atoms with van der Waals surface area (Å²) in [6.07, 6.45) is 2.14. The van der Waals surface area contributed by atoms with Gasteiger partial charge in [0.2, 0.25) is 5.91 Å². The van der Waals surface area contributed by atoms with E-state index >= 15 is 0 Å². The van der Waals surface area contributed by atoms with E-state index < -0.39 is 6.03 Å². The number of rotatable bonds is 6. The summed E-state index contributed by atoms with van der Waals surface area (Å²) in [7, 11) is 0. The Labute approximate surface area is 128 Å². The maximum Gasteiger partial charge on any atom is 0.321 e. The average Bonchev–Trinajstić information content (AvgIpc) is 2.47. The van der Waals surface area contributed by atoms with Crippen molar-refractivity contribution in [1.29, 1.82) is 0 Å². The molecule has 0 radical (unpaired) electrons. The van der Waals surface area contributed by atoms with Crippen LogP contribution < -0.4 is 16.0 Å². The molecule has 3 unspecified atom stereocenters. The Hall–Kier alpha value is -1.14. The number of carbonyl (C=O) groups excluding carboxylic acids is 2. The summed E-state index contributed by atoms with van der Waals surface area (Å²) in [5.41, 5.74) is 0. The second-order valence-corrected chi connectivity index (χ2v) is 5.64. The van der Waals surface area contributed by atoms with Crippen molar-refractivity contribution in [2.24, 2.45) is 5.92 Å².